The molecule has 0 fully saturated rings. The topological polar surface area (TPSA) is 69.4 Å². The maximum Gasteiger partial charge on any atom is 0.331 e. The average Bonchev–Trinajstić information content (AvgIpc) is 2.29. The van der Waals surface area contributed by atoms with Gasteiger partial charge in [-0.2, -0.15) is 0 Å². The van der Waals surface area contributed by atoms with E-state index in [1.165, 1.54) is 6.08 Å². The Morgan fingerprint density at radius 1 is 1.29 bits per heavy atom. The van der Waals surface area contributed by atoms with Gasteiger partial charge in [0.1, 0.15) is 0 Å². The van der Waals surface area contributed by atoms with Crippen LogP contribution in [0.15, 0.2) is 35.9 Å². The first-order valence-electron chi connectivity index (χ1n) is 5.30. The van der Waals surface area contributed by atoms with Crippen molar-refractivity contribution in [1.29, 1.82) is 0 Å². The normalized spacial score (nSPS) is 11.1. The molecule has 0 saturated heterocycles. The number of ketones is 1. The van der Waals surface area contributed by atoms with Gasteiger partial charge in [0, 0.05) is 22.9 Å². The van der Waals surface area contributed by atoms with Crippen molar-refractivity contribution >= 4 is 17.4 Å². The molecule has 1 aromatic rings. The van der Waals surface area contributed by atoms with E-state index >= 15 is 0 Å². The van der Waals surface area contributed by atoms with Crippen LogP contribution in [-0.4, -0.2) is 18.4 Å². The zero-order chi connectivity index (χ0) is 12.8. The number of anilines is 1. The van der Waals surface area contributed by atoms with Crippen LogP contribution in [0.2, 0.25) is 0 Å². The summed E-state index contributed by atoms with van der Waals surface area (Å²) < 4.78 is 4.73. The lowest BCUT2D eigenvalue weighted by atomic mass is 10.0. The van der Waals surface area contributed by atoms with Crippen LogP contribution >= 0.6 is 0 Å². The molecule has 0 radical (unpaired) electrons. The Morgan fingerprint density at radius 3 is 2.41 bits per heavy atom. The fraction of sp³-hybridized carbons (Fsp3) is 0.231. The van der Waals surface area contributed by atoms with Gasteiger partial charge in [-0.05, 0) is 38.1 Å². The van der Waals surface area contributed by atoms with E-state index in [0.29, 0.717) is 23.4 Å². The number of carbonyl (C=O) groups excluding carboxylic acids is 2. The van der Waals surface area contributed by atoms with Gasteiger partial charge in [-0.25, -0.2) is 4.79 Å². The lowest BCUT2D eigenvalue weighted by Gasteiger charge is -2.02. The number of ether oxygens (including phenoxy) is 1. The van der Waals surface area contributed by atoms with Crippen LogP contribution in [-0.2, 0) is 9.53 Å². The lowest BCUT2D eigenvalue weighted by Crippen LogP contribution is -2.06. The fourth-order valence-electron chi connectivity index (χ4n) is 1.29. The van der Waals surface area contributed by atoms with E-state index in [-0.39, 0.29) is 5.78 Å². The molecule has 17 heavy (non-hydrogen) atoms. The number of Topliss-reactive ketones (excluding diaryl/α,β-unsaturated/α-hetero) is 1. The second-order valence-electron chi connectivity index (χ2n) is 3.53. The van der Waals surface area contributed by atoms with Crippen LogP contribution in [0.4, 0.5) is 5.69 Å². The second kappa shape index (κ2) is 5.84. The molecule has 0 aliphatic rings. The standard InChI is InChI=1S/C13H15NO3/c1-3-17-12(15)8-9(2)13(16)10-4-6-11(14)7-5-10/h4-8H,3,14H2,1-2H3/b9-8-. The number of nitrogens with two attached hydrogens (primary N) is 1. The number of benzene rings is 1. The zero-order valence-corrected chi connectivity index (χ0v) is 9.90. The molecule has 0 atom stereocenters. The molecule has 90 valence electrons. The van der Waals surface area contributed by atoms with Crippen LogP contribution in [0.3, 0.4) is 0 Å². The van der Waals surface area contributed by atoms with Gasteiger partial charge in [-0.15, -0.1) is 0 Å². The molecule has 0 unspecified atom stereocenters. The molecule has 0 amide bonds. The second-order valence-corrected chi connectivity index (χ2v) is 3.53. The van der Waals surface area contributed by atoms with Crippen molar-refractivity contribution in [3.63, 3.8) is 0 Å². The number of rotatable bonds is 4. The van der Waals surface area contributed by atoms with E-state index in [2.05, 4.69) is 0 Å². The van der Waals surface area contributed by atoms with Crippen LogP contribution in [0.25, 0.3) is 0 Å². The summed E-state index contributed by atoms with van der Waals surface area (Å²) in [4.78, 5) is 23.1. The Hall–Kier alpha value is -2.10. The third kappa shape index (κ3) is 3.75. The SMILES string of the molecule is CCOC(=O)/C=C(/C)C(=O)c1ccc(N)cc1. The van der Waals surface area contributed by atoms with Crippen molar-refractivity contribution in [3.05, 3.63) is 41.5 Å². The van der Waals surface area contributed by atoms with Gasteiger partial charge in [-0.1, -0.05) is 0 Å². The molecule has 4 heteroatoms. The predicted molar refractivity (Wildman–Crippen MR) is 65.6 cm³/mol. The monoisotopic (exact) mass is 233 g/mol. The molecule has 4 nitrogen and oxygen atoms in total. The Balaban J connectivity index is 2.83. The number of hydrogen-bond donors (Lipinski definition) is 1. The molecule has 0 aliphatic carbocycles. The quantitative estimate of drug-likeness (QED) is 0.373. The first-order valence-corrected chi connectivity index (χ1v) is 5.30. The average molecular weight is 233 g/mol. The molecule has 0 heterocycles. The highest BCUT2D eigenvalue weighted by molar-refractivity contribution is 6.10. The molecule has 0 aliphatic heterocycles. The minimum atomic E-state index is -0.506. The number of esters is 1. The summed E-state index contributed by atoms with van der Waals surface area (Å²) in [5.74, 6) is -0.716. The predicted octanol–water partition coefficient (Wildman–Crippen LogP) is 1.96. The van der Waals surface area contributed by atoms with Gasteiger partial charge in [0.25, 0.3) is 0 Å². The van der Waals surface area contributed by atoms with Gasteiger partial charge in [0.05, 0.1) is 6.61 Å². The van der Waals surface area contributed by atoms with Gasteiger partial charge in [0.2, 0.25) is 0 Å². The smallest absolute Gasteiger partial charge is 0.331 e. The van der Waals surface area contributed by atoms with Crippen LogP contribution in [0.1, 0.15) is 24.2 Å². The molecule has 1 rings (SSSR count). The molecule has 0 saturated carbocycles. The first kappa shape index (κ1) is 13.0. The number of hydrogen-bond acceptors (Lipinski definition) is 4. The Kier molecular flexibility index (Phi) is 4.46. The Labute approximate surface area is 100 Å². The van der Waals surface area contributed by atoms with Crippen molar-refractivity contribution in [2.45, 2.75) is 13.8 Å². The number of allylic oxidation sites excluding steroid dienone is 1. The van der Waals surface area contributed by atoms with Crippen LogP contribution in [0.5, 0.6) is 0 Å². The third-order valence-electron chi connectivity index (χ3n) is 2.15. The highest BCUT2D eigenvalue weighted by Crippen LogP contribution is 2.11. The van der Waals surface area contributed by atoms with E-state index in [9.17, 15) is 9.59 Å². The first-order chi connectivity index (χ1) is 8.04. The molecule has 0 aromatic heterocycles. The van der Waals surface area contributed by atoms with E-state index in [1.54, 1.807) is 38.1 Å². The van der Waals surface area contributed by atoms with Gasteiger partial charge in [-0.3, -0.25) is 4.79 Å². The largest absolute Gasteiger partial charge is 0.463 e. The van der Waals surface area contributed by atoms with Gasteiger partial charge in [0.15, 0.2) is 5.78 Å². The zero-order valence-electron chi connectivity index (χ0n) is 9.90. The fourth-order valence-corrected chi connectivity index (χ4v) is 1.29. The summed E-state index contributed by atoms with van der Waals surface area (Å²) >= 11 is 0. The van der Waals surface area contributed by atoms with E-state index in [4.69, 9.17) is 10.5 Å². The summed E-state index contributed by atoms with van der Waals surface area (Å²) in [7, 11) is 0. The van der Waals surface area contributed by atoms with Crippen molar-refractivity contribution in [2.75, 3.05) is 12.3 Å². The van der Waals surface area contributed by atoms with Crippen molar-refractivity contribution in [2.24, 2.45) is 0 Å². The molecule has 2 N–H and O–H groups in total. The van der Waals surface area contributed by atoms with E-state index in [0.717, 1.165) is 0 Å². The maximum atomic E-state index is 11.9. The summed E-state index contributed by atoms with van der Waals surface area (Å²) in [5.41, 5.74) is 6.95. The maximum absolute atomic E-state index is 11.9. The summed E-state index contributed by atoms with van der Waals surface area (Å²) in [5, 5.41) is 0. The number of nitrogen functional groups attached to an aromatic ring is 1. The van der Waals surface area contributed by atoms with E-state index in [1.807, 2.05) is 0 Å². The van der Waals surface area contributed by atoms with Crippen molar-refractivity contribution < 1.29 is 14.3 Å². The third-order valence-corrected chi connectivity index (χ3v) is 2.15. The summed E-state index contributed by atoms with van der Waals surface area (Å²) in [6.45, 7) is 3.58. The number of carbonyl (C=O) groups is 2. The Bertz CT molecular complexity index is 446. The molecule has 0 spiro atoms. The summed E-state index contributed by atoms with van der Waals surface area (Å²) in [6, 6.07) is 6.54. The Morgan fingerprint density at radius 2 is 1.88 bits per heavy atom. The van der Waals surface area contributed by atoms with Gasteiger partial charge >= 0.3 is 5.97 Å². The molecule has 0 bridgehead atoms. The van der Waals surface area contributed by atoms with Crippen molar-refractivity contribution in [1.82, 2.24) is 0 Å². The van der Waals surface area contributed by atoms with E-state index < -0.39 is 5.97 Å². The van der Waals surface area contributed by atoms with Crippen LogP contribution < -0.4 is 5.73 Å². The highest BCUT2D eigenvalue weighted by atomic mass is 16.5. The molecular formula is C13H15NO3. The lowest BCUT2D eigenvalue weighted by molar-refractivity contribution is -0.137. The minimum Gasteiger partial charge on any atom is -0.463 e. The molecule has 1 aromatic carbocycles. The summed E-state index contributed by atoms with van der Waals surface area (Å²) in [6.07, 6.45) is 1.20. The highest BCUT2D eigenvalue weighted by Gasteiger charge is 2.09. The molecular weight excluding hydrogens is 218 g/mol. The van der Waals surface area contributed by atoms with Gasteiger partial charge < -0.3 is 10.5 Å². The van der Waals surface area contributed by atoms with Crippen LogP contribution in [0, 0.1) is 0 Å². The van der Waals surface area contributed by atoms with Crippen molar-refractivity contribution in [3.8, 4) is 0 Å². The minimum absolute atomic E-state index is 0.210.